The van der Waals surface area contributed by atoms with E-state index in [-0.39, 0.29) is 12.5 Å². The zero-order chi connectivity index (χ0) is 17.9. The average Bonchev–Trinajstić information content (AvgIpc) is 2.84. The van der Waals surface area contributed by atoms with Gasteiger partial charge in [-0.15, -0.1) is 0 Å². The van der Waals surface area contributed by atoms with E-state index >= 15 is 0 Å². The Bertz CT molecular complexity index is 584. The van der Waals surface area contributed by atoms with Gasteiger partial charge in [-0.25, -0.2) is 0 Å². The van der Waals surface area contributed by atoms with Crippen molar-refractivity contribution in [1.82, 2.24) is 9.80 Å². The van der Waals surface area contributed by atoms with E-state index in [9.17, 15) is 15.0 Å². The van der Waals surface area contributed by atoms with Crippen LogP contribution < -0.4 is 4.90 Å². The van der Waals surface area contributed by atoms with E-state index in [2.05, 4.69) is 16.8 Å². The molecule has 25 heavy (non-hydrogen) atoms. The molecule has 2 fully saturated rings. The molecule has 1 atom stereocenters. The topological polar surface area (TPSA) is 67.2 Å². The molecule has 2 N–H and O–H groups in total. The van der Waals surface area contributed by atoms with Gasteiger partial charge < -0.3 is 24.9 Å². The van der Waals surface area contributed by atoms with Gasteiger partial charge in [0.2, 0.25) is 0 Å². The maximum absolute atomic E-state index is 12.7. The number of anilines is 1. The zero-order valence-corrected chi connectivity index (χ0v) is 15.0. The lowest BCUT2D eigenvalue weighted by Gasteiger charge is -2.34. The van der Waals surface area contributed by atoms with Crippen LogP contribution in [0, 0.1) is 0 Å². The smallest absolute Gasteiger partial charge is 0.253 e. The summed E-state index contributed by atoms with van der Waals surface area (Å²) in [6.07, 6.45) is 1.67. The van der Waals surface area contributed by atoms with Crippen molar-refractivity contribution in [1.29, 1.82) is 0 Å². The molecule has 2 aliphatic rings. The molecule has 2 saturated heterocycles. The number of likely N-dealkylation sites (N-methyl/N-ethyl adjacent to an activating group) is 1. The Morgan fingerprint density at radius 3 is 2.36 bits per heavy atom. The molecule has 1 aromatic rings. The molecule has 2 heterocycles. The number of hydrogen-bond acceptors (Lipinski definition) is 5. The van der Waals surface area contributed by atoms with Crippen molar-refractivity contribution in [2.45, 2.75) is 24.9 Å². The average molecular weight is 347 g/mol. The highest BCUT2D eigenvalue weighted by molar-refractivity contribution is 5.94. The molecule has 6 heteroatoms. The van der Waals surface area contributed by atoms with E-state index in [0.717, 1.165) is 31.9 Å². The van der Waals surface area contributed by atoms with Crippen molar-refractivity contribution in [2.24, 2.45) is 0 Å². The standard InChI is InChI=1S/C19H29N3O3/c1-20-11-13-21(14-12-20)17-5-3-16(4-6-17)18(24)22-9-2-7-19(25,15-23)8-10-22/h3-6,23,25H,2,7-15H2,1H3/t19-/m1/s1. The van der Waals surface area contributed by atoms with Gasteiger partial charge in [-0.1, -0.05) is 0 Å². The van der Waals surface area contributed by atoms with Gasteiger partial charge in [-0.3, -0.25) is 4.79 Å². The van der Waals surface area contributed by atoms with Crippen LogP contribution in [0.1, 0.15) is 29.6 Å². The van der Waals surface area contributed by atoms with Gasteiger partial charge in [-0.05, 0) is 50.6 Å². The highest BCUT2D eigenvalue weighted by Gasteiger charge is 2.31. The number of nitrogens with zero attached hydrogens (tertiary/aromatic N) is 3. The second-order valence-corrected chi connectivity index (χ2v) is 7.37. The van der Waals surface area contributed by atoms with Gasteiger partial charge >= 0.3 is 0 Å². The van der Waals surface area contributed by atoms with E-state index in [4.69, 9.17) is 0 Å². The minimum atomic E-state index is -1.04. The molecule has 1 aromatic carbocycles. The molecule has 1 amide bonds. The molecule has 0 unspecified atom stereocenters. The van der Waals surface area contributed by atoms with Crippen molar-refractivity contribution in [2.75, 3.05) is 57.8 Å². The Balaban J connectivity index is 1.62. The van der Waals surface area contributed by atoms with Gasteiger partial charge in [0.25, 0.3) is 5.91 Å². The monoisotopic (exact) mass is 347 g/mol. The van der Waals surface area contributed by atoms with Crippen LogP contribution >= 0.6 is 0 Å². The zero-order valence-electron chi connectivity index (χ0n) is 15.0. The molecule has 0 bridgehead atoms. The van der Waals surface area contributed by atoms with Crippen LogP contribution in [0.15, 0.2) is 24.3 Å². The van der Waals surface area contributed by atoms with Crippen molar-refractivity contribution in [3.8, 4) is 0 Å². The number of likely N-dealkylation sites (tertiary alicyclic amines) is 1. The van der Waals surface area contributed by atoms with E-state index in [1.165, 1.54) is 0 Å². The summed E-state index contributed by atoms with van der Waals surface area (Å²) in [5.74, 6) is 0.00659. The van der Waals surface area contributed by atoms with E-state index in [1.54, 1.807) is 4.90 Å². The SMILES string of the molecule is CN1CCN(c2ccc(C(=O)N3CCC[C@](O)(CO)CC3)cc2)CC1. The van der Waals surface area contributed by atoms with Gasteiger partial charge in [-0.2, -0.15) is 0 Å². The molecule has 0 spiro atoms. The second kappa shape index (κ2) is 7.72. The lowest BCUT2D eigenvalue weighted by molar-refractivity contribution is -0.0250. The fourth-order valence-corrected chi connectivity index (χ4v) is 3.60. The largest absolute Gasteiger partial charge is 0.393 e. The first-order valence-corrected chi connectivity index (χ1v) is 9.17. The first-order chi connectivity index (χ1) is 12.0. The minimum Gasteiger partial charge on any atom is -0.393 e. The number of amides is 1. The molecule has 0 aliphatic carbocycles. The number of benzene rings is 1. The number of aliphatic hydroxyl groups excluding tert-OH is 1. The van der Waals surface area contributed by atoms with Crippen LogP contribution in [0.5, 0.6) is 0 Å². The summed E-state index contributed by atoms with van der Waals surface area (Å²) in [7, 11) is 2.14. The first-order valence-electron chi connectivity index (χ1n) is 9.17. The van der Waals surface area contributed by atoms with Gasteiger partial charge in [0.15, 0.2) is 0 Å². The summed E-state index contributed by atoms with van der Waals surface area (Å²) in [5.41, 5.74) is 0.808. The van der Waals surface area contributed by atoms with Crippen LogP contribution in [0.4, 0.5) is 5.69 Å². The van der Waals surface area contributed by atoms with Crippen molar-refractivity contribution < 1.29 is 15.0 Å². The summed E-state index contributed by atoms with van der Waals surface area (Å²) < 4.78 is 0. The third kappa shape index (κ3) is 4.32. The van der Waals surface area contributed by atoms with Crippen LogP contribution in [-0.4, -0.2) is 84.4 Å². The van der Waals surface area contributed by atoms with E-state index in [1.807, 2.05) is 24.3 Å². The van der Waals surface area contributed by atoms with E-state index in [0.29, 0.717) is 37.9 Å². The third-order valence-corrected chi connectivity index (χ3v) is 5.48. The van der Waals surface area contributed by atoms with E-state index < -0.39 is 5.60 Å². The Morgan fingerprint density at radius 1 is 1.04 bits per heavy atom. The fourth-order valence-electron chi connectivity index (χ4n) is 3.60. The number of hydrogen-bond donors (Lipinski definition) is 2. The Kier molecular flexibility index (Phi) is 5.61. The Morgan fingerprint density at radius 2 is 1.72 bits per heavy atom. The summed E-state index contributed by atoms with van der Waals surface area (Å²) in [4.78, 5) is 19.2. The molecule has 6 nitrogen and oxygen atoms in total. The van der Waals surface area contributed by atoms with Gasteiger partial charge in [0, 0.05) is 50.5 Å². The molecule has 138 valence electrons. The third-order valence-electron chi connectivity index (χ3n) is 5.48. The predicted molar refractivity (Wildman–Crippen MR) is 97.9 cm³/mol. The maximum Gasteiger partial charge on any atom is 0.253 e. The lowest BCUT2D eigenvalue weighted by Crippen LogP contribution is -2.44. The lowest BCUT2D eigenvalue weighted by atomic mass is 9.96. The van der Waals surface area contributed by atoms with Crippen LogP contribution in [0.25, 0.3) is 0 Å². The van der Waals surface area contributed by atoms with Crippen LogP contribution in [0.3, 0.4) is 0 Å². The molecule has 3 rings (SSSR count). The van der Waals surface area contributed by atoms with Crippen LogP contribution in [0.2, 0.25) is 0 Å². The predicted octanol–water partition coefficient (Wildman–Crippen LogP) is 0.788. The van der Waals surface area contributed by atoms with Gasteiger partial charge in [0.05, 0.1) is 12.2 Å². The molecule has 2 aliphatic heterocycles. The van der Waals surface area contributed by atoms with Crippen molar-refractivity contribution >= 4 is 11.6 Å². The fraction of sp³-hybridized carbons (Fsp3) is 0.632. The Labute approximate surface area is 149 Å². The van der Waals surface area contributed by atoms with Gasteiger partial charge in [0.1, 0.15) is 0 Å². The number of carbonyl (C=O) groups excluding carboxylic acids is 1. The maximum atomic E-state index is 12.7. The molecule has 0 aromatic heterocycles. The molecular formula is C19H29N3O3. The number of carbonyl (C=O) groups is 1. The number of piperazine rings is 1. The van der Waals surface area contributed by atoms with Crippen molar-refractivity contribution in [3.05, 3.63) is 29.8 Å². The Hall–Kier alpha value is -1.63. The summed E-state index contributed by atoms with van der Waals surface area (Å²) in [5, 5.41) is 19.6. The summed E-state index contributed by atoms with van der Waals surface area (Å²) in [6.45, 7) is 5.00. The molecular weight excluding hydrogens is 318 g/mol. The molecule has 0 radical (unpaired) electrons. The highest BCUT2D eigenvalue weighted by atomic mass is 16.3. The quantitative estimate of drug-likeness (QED) is 0.846. The molecule has 0 saturated carbocycles. The highest BCUT2D eigenvalue weighted by Crippen LogP contribution is 2.23. The summed E-state index contributed by atoms with van der Waals surface area (Å²) >= 11 is 0. The number of aliphatic hydroxyl groups is 2. The first kappa shape index (κ1) is 18.2. The minimum absolute atomic E-state index is 0.00659. The normalized spacial score (nSPS) is 25.7. The second-order valence-electron chi connectivity index (χ2n) is 7.37. The van der Waals surface area contributed by atoms with Crippen LogP contribution in [-0.2, 0) is 0 Å². The summed E-state index contributed by atoms with van der Waals surface area (Å²) in [6, 6.07) is 7.86. The number of rotatable bonds is 3. The van der Waals surface area contributed by atoms with Crippen molar-refractivity contribution in [3.63, 3.8) is 0 Å².